The van der Waals surface area contributed by atoms with Gasteiger partial charge in [-0.2, -0.15) is 0 Å². The number of nitrogens with zero attached hydrogens (tertiary/aromatic N) is 3. The minimum Gasteiger partial charge on any atom is -0.319 e. The van der Waals surface area contributed by atoms with Gasteiger partial charge in [0.25, 0.3) is 15.9 Å². The monoisotopic (exact) mass is 452 g/mol. The lowest BCUT2D eigenvalue weighted by Crippen LogP contribution is -2.31. The number of hydrogen-bond acceptors (Lipinski definition) is 4. The molecule has 0 aliphatic carbocycles. The highest BCUT2D eigenvalue weighted by Crippen LogP contribution is 2.29. The smallest absolute Gasteiger partial charge is 0.274 e. The Kier molecular flexibility index (Phi) is 5.67. The van der Waals surface area contributed by atoms with Crippen molar-refractivity contribution in [3.05, 3.63) is 90.1 Å². The van der Waals surface area contributed by atoms with E-state index in [0.717, 1.165) is 0 Å². The first-order valence-electron chi connectivity index (χ1n) is 9.95. The normalized spacial score (nSPS) is 11.5. The number of fused-ring (bicyclic) bond motifs is 1. The second kappa shape index (κ2) is 8.43. The predicted octanol–water partition coefficient (Wildman–Crippen LogP) is 4.25. The van der Waals surface area contributed by atoms with Gasteiger partial charge < -0.3 is 5.32 Å². The van der Waals surface area contributed by atoms with E-state index >= 15 is 0 Å². The van der Waals surface area contributed by atoms with Crippen molar-refractivity contribution in [3.8, 4) is 0 Å². The Hall–Kier alpha value is -3.72. The first-order chi connectivity index (χ1) is 15.3. The number of nitrogens with one attached hydrogen (secondary N) is 1. The average Bonchev–Trinajstić information content (AvgIpc) is 3.10. The lowest BCUT2D eigenvalue weighted by molar-refractivity contribution is 0.102. The molecule has 0 saturated carbocycles. The third-order valence-electron chi connectivity index (χ3n) is 5.01. The number of anilines is 2. The summed E-state index contributed by atoms with van der Waals surface area (Å²) < 4.78 is 43.3. The largest absolute Gasteiger partial charge is 0.319 e. The van der Waals surface area contributed by atoms with Gasteiger partial charge in [0.2, 0.25) is 0 Å². The molecule has 7 nitrogen and oxygen atoms in total. The molecule has 0 saturated heterocycles. The minimum absolute atomic E-state index is 0.0447. The van der Waals surface area contributed by atoms with Gasteiger partial charge in [-0.25, -0.2) is 17.8 Å². The van der Waals surface area contributed by atoms with Crippen molar-refractivity contribution in [1.82, 2.24) is 9.38 Å². The van der Waals surface area contributed by atoms with Crippen LogP contribution >= 0.6 is 0 Å². The molecule has 0 aliphatic rings. The standard InChI is InChI=1S/C23H21FN4O3S/c1-3-28(18-9-5-4-6-10-18)32(30,31)20-12-8-7-11-19(20)26-23(29)22-16(2)25-21-14-13-17(24)15-27(21)22/h4-15H,3H2,1-2H3,(H,26,29). The Morgan fingerprint density at radius 3 is 2.47 bits per heavy atom. The molecule has 0 fully saturated rings. The predicted molar refractivity (Wildman–Crippen MR) is 121 cm³/mol. The zero-order chi connectivity index (χ0) is 22.9. The Morgan fingerprint density at radius 1 is 1.06 bits per heavy atom. The molecular formula is C23H21FN4O3S. The van der Waals surface area contributed by atoms with Crippen LogP contribution in [0.2, 0.25) is 0 Å². The first kappa shape index (κ1) is 21.5. The van der Waals surface area contributed by atoms with Crippen LogP contribution in [0.15, 0.2) is 77.8 Å². The number of carbonyl (C=O) groups is 1. The molecule has 0 atom stereocenters. The van der Waals surface area contributed by atoms with Crippen molar-refractivity contribution in [1.29, 1.82) is 0 Å². The molecule has 1 amide bonds. The number of amides is 1. The molecule has 0 unspecified atom stereocenters. The topological polar surface area (TPSA) is 83.8 Å². The molecule has 0 radical (unpaired) electrons. The highest BCUT2D eigenvalue weighted by atomic mass is 32.2. The zero-order valence-electron chi connectivity index (χ0n) is 17.5. The number of pyridine rings is 1. The Balaban J connectivity index is 1.74. The highest BCUT2D eigenvalue weighted by molar-refractivity contribution is 7.93. The number of halogens is 1. The van der Waals surface area contributed by atoms with Crippen molar-refractivity contribution in [2.24, 2.45) is 0 Å². The zero-order valence-corrected chi connectivity index (χ0v) is 18.3. The summed E-state index contributed by atoms with van der Waals surface area (Å²) in [5.41, 5.74) is 1.58. The van der Waals surface area contributed by atoms with Gasteiger partial charge in [-0.3, -0.25) is 13.5 Å². The van der Waals surface area contributed by atoms with Gasteiger partial charge in [0.15, 0.2) is 0 Å². The third kappa shape index (κ3) is 3.82. The van der Waals surface area contributed by atoms with Crippen LogP contribution in [0.25, 0.3) is 5.65 Å². The molecule has 1 N–H and O–H groups in total. The van der Waals surface area contributed by atoms with Gasteiger partial charge in [-0.1, -0.05) is 30.3 Å². The van der Waals surface area contributed by atoms with Crippen molar-refractivity contribution in [2.75, 3.05) is 16.2 Å². The summed E-state index contributed by atoms with van der Waals surface area (Å²) in [5.74, 6) is -1.11. The highest BCUT2D eigenvalue weighted by Gasteiger charge is 2.27. The number of carbonyl (C=O) groups excluding carboxylic acids is 1. The summed E-state index contributed by atoms with van der Waals surface area (Å²) in [7, 11) is -3.97. The van der Waals surface area contributed by atoms with E-state index < -0.39 is 21.7 Å². The maximum atomic E-state index is 13.8. The Morgan fingerprint density at radius 2 is 1.75 bits per heavy atom. The fourth-order valence-electron chi connectivity index (χ4n) is 3.59. The average molecular weight is 453 g/mol. The summed E-state index contributed by atoms with van der Waals surface area (Å²) in [5, 5.41) is 2.67. The Labute approximate surface area is 185 Å². The molecule has 2 aromatic heterocycles. The molecule has 164 valence electrons. The van der Waals surface area contributed by atoms with Gasteiger partial charge in [0.05, 0.1) is 17.1 Å². The fraction of sp³-hybridized carbons (Fsp3) is 0.130. The maximum Gasteiger partial charge on any atom is 0.274 e. The van der Waals surface area contributed by atoms with E-state index in [1.165, 1.54) is 39.2 Å². The number of benzene rings is 2. The van der Waals surface area contributed by atoms with Gasteiger partial charge in [0, 0.05) is 12.7 Å². The lowest BCUT2D eigenvalue weighted by atomic mass is 10.3. The van der Waals surface area contributed by atoms with Crippen LogP contribution in [0.1, 0.15) is 23.1 Å². The van der Waals surface area contributed by atoms with Crippen LogP contribution < -0.4 is 9.62 Å². The SMILES string of the molecule is CCN(c1ccccc1)S(=O)(=O)c1ccccc1NC(=O)c1c(C)nc2ccc(F)cn12. The fourth-order valence-corrected chi connectivity index (χ4v) is 5.21. The number of para-hydroxylation sites is 2. The number of aromatic nitrogens is 2. The number of sulfonamides is 1. The summed E-state index contributed by atoms with van der Waals surface area (Å²) in [6.07, 6.45) is 1.17. The second-order valence-corrected chi connectivity index (χ2v) is 8.91. The van der Waals surface area contributed by atoms with Crippen molar-refractivity contribution >= 4 is 33.0 Å². The second-order valence-electron chi connectivity index (χ2n) is 7.08. The molecule has 0 aliphatic heterocycles. The van der Waals surface area contributed by atoms with Crippen molar-refractivity contribution < 1.29 is 17.6 Å². The van der Waals surface area contributed by atoms with Crippen LogP contribution in [0.3, 0.4) is 0 Å². The molecule has 4 aromatic rings. The molecule has 4 rings (SSSR count). The molecule has 0 spiro atoms. The molecule has 32 heavy (non-hydrogen) atoms. The van der Waals surface area contributed by atoms with Crippen LogP contribution in [-0.4, -0.2) is 30.3 Å². The van der Waals surface area contributed by atoms with Gasteiger partial charge in [-0.15, -0.1) is 0 Å². The lowest BCUT2D eigenvalue weighted by Gasteiger charge is -2.24. The van der Waals surface area contributed by atoms with E-state index in [-0.39, 0.29) is 22.8 Å². The summed E-state index contributed by atoms with van der Waals surface area (Å²) in [4.78, 5) is 17.3. The van der Waals surface area contributed by atoms with Crippen LogP contribution in [-0.2, 0) is 10.0 Å². The van der Waals surface area contributed by atoms with Crippen LogP contribution in [0, 0.1) is 12.7 Å². The van der Waals surface area contributed by atoms with E-state index in [2.05, 4.69) is 10.3 Å². The summed E-state index contributed by atoms with van der Waals surface area (Å²) in [6, 6.07) is 17.6. The minimum atomic E-state index is -3.97. The molecule has 2 heterocycles. The molecular weight excluding hydrogens is 431 g/mol. The molecule has 0 bridgehead atoms. The molecule has 9 heteroatoms. The van der Waals surface area contributed by atoms with Gasteiger partial charge in [0.1, 0.15) is 22.1 Å². The van der Waals surface area contributed by atoms with E-state index in [0.29, 0.717) is 17.0 Å². The summed E-state index contributed by atoms with van der Waals surface area (Å²) in [6.45, 7) is 3.58. The van der Waals surface area contributed by atoms with Gasteiger partial charge in [-0.05, 0) is 50.2 Å². The van der Waals surface area contributed by atoms with E-state index in [1.54, 1.807) is 56.3 Å². The number of rotatable bonds is 6. The third-order valence-corrected chi connectivity index (χ3v) is 6.97. The molecule has 2 aromatic carbocycles. The van der Waals surface area contributed by atoms with E-state index in [9.17, 15) is 17.6 Å². The van der Waals surface area contributed by atoms with Crippen LogP contribution in [0.5, 0.6) is 0 Å². The van der Waals surface area contributed by atoms with E-state index in [4.69, 9.17) is 0 Å². The maximum absolute atomic E-state index is 13.8. The van der Waals surface area contributed by atoms with Gasteiger partial charge >= 0.3 is 0 Å². The quantitative estimate of drug-likeness (QED) is 0.474. The Bertz CT molecular complexity index is 1400. The number of aryl methyl sites for hydroxylation is 1. The van der Waals surface area contributed by atoms with Crippen molar-refractivity contribution in [2.45, 2.75) is 18.7 Å². The number of hydrogen-bond donors (Lipinski definition) is 1. The van der Waals surface area contributed by atoms with Crippen LogP contribution in [0.4, 0.5) is 15.8 Å². The summed E-state index contributed by atoms with van der Waals surface area (Å²) >= 11 is 0. The first-order valence-corrected chi connectivity index (χ1v) is 11.4. The number of imidazole rings is 1. The van der Waals surface area contributed by atoms with Crippen molar-refractivity contribution in [3.63, 3.8) is 0 Å². The van der Waals surface area contributed by atoms with E-state index in [1.807, 2.05) is 0 Å².